The fourth-order valence-electron chi connectivity index (χ4n) is 2.82. The summed E-state index contributed by atoms with van der Waals surface area (Å²) in [6, 6.07) is 13.7. The molecule has 0 fully saturated rings. The minimum atomic E-state index is -1.14. The van der Waals surface area contributed by atoms with Gasteiger partial charge >= 0.3 is 5.97 Å². The number of Topliss-reactive ketones (excluding diaryl/α,β-unsaturated/α-hetero) is 1. The standard InChI is InChI=1S/C20H15N3O4/c21-10-12-2-1-3-13(6-12)18-9-16(24)8-15-7-14(4-5-17(15)23-18)20(27)22-11-19(25)26/h1-7H,8-9,11H2,(H,22,27)(H,25,26). The zero-order valence-electron chi connectivity index (χ0n) is 14.2. The molecule has 0 saturated heterocycles. The molecule has 7 nitrogen and oxygen atoms in total. The number of carboxylic acids is 1. The van der Waals surface area contributed by atoms with Gasteiger partial charge in [-0.3, -0.25) is 19.4 Å². The van der Waals surface area contributed by atoms with Gasteiger partial charge in [0.15, 0.2) is 0 Å². The Labute approximate surface area is 155 Å². The highest BCUT2D eigenvalue weighted by molar-refractivity contribution is 6.14. The minimum absolute atomic E-state index is 0.0574. The molecule has 0 saturated carbocycles. The van der Waals surface area contributed by atoms with E-state index in [2.05, 4.69) is 16.4 Å². The number of rotatable bonds is 4. The zero-order chi connectivity index (χ0) is 19.4. The van der Waals surface area contributed by atoms with Gasteiger partial charge in [-0.15, -0.1) is 0 Å². The van der Waals surface area contributed by atoms with Crippen molar-refractivity contribution in [1.82, 2.24) is 5.32 Å². The van der Waals surface area contributed by atoms with E-state index in [0.717, 1.165) is 0 Å². The Morgan fingerprint density at radius 3 is 2.74 bits per heavy atom. The van der Waals surface area contributed by atoms with E-state index in [1.54, 1.807) is 42.5 Å². The van der Waals surface area contributed by atoms with Crippen molar-refractivity contribution in [3.05, 3.63) is 64.7 Å². The van der Waals surface area contributed by atoms with Gasteiger partial charge in [0.2, 0.25) is 0 Å². The summed E-state index contributed by atoms with van der Waals surface area (Å²) in [4.78, 5) is 39.5. The normalized spacial score (nSPS) is 13.0. The van der Waals surface area contributed by atoms with E-state index >= 15 is 0 Å². The third kappa shape index (κ3) is 4.25. The van der Waals surface area contributed by atoms with Gasteiger partial charge in [-0.2, -0.15) is 5.26 Å². The Hall–Kier alpha value is -3.79. The molecule has 2 aromatic carbocycles. The van der Waals surface area contributed by atoms with Crippen molar-refractivity contribution in [3.8, 4) is 6.07 Å². The molecule has 1 aliphatic heterocycles. The number of nitrogens with zero attached hydrogens (tertiary/aromatic N) is 2. The van der Waals surface area contributed by atoms with Gasteiger partial charge in [0.25, 0.3) is 5.91 Å². The van der Waals surface area contributed by atoms with Crippen LogP contribution in [0.2, 0.25) is 0 Å². The number of hydrogen-bond donors (Lipinski definition) is 2. The summed E-state index contributed by atoms with van der Waals surface area (Å²) >= 11 is 0. The number of ketones is 1. The molecule has 0 aliphatic carbocycles. The number of carbonyl (C=O) groups is 3. The van der Waals surface area contributed by atoms with Crippen LogP contribution in [0.3, 0.4) is 0 Å². The Kier molecular flexibility index (Phi) is 5.08. The lowest BCUT2D eigenvalue weighted by atomic mass is 10.0. The van der Waals surface area contributed by atoms with Gasteiger partial charge < -0.3 is 10.4 Å². The zero-order valence-corrected chi connectivity index (χ0v) is 14.2. The molecule has 0 aromatic heterocycles. The highest BCUT2D eigenvalue weighted by Gasteiger charge is 2.19. The summed E-state index contributed by atoms with van der Waals surface area (Å²) in [5.74, 6) is -1.72. The molecule has 0 bridgehead atoms. The molecule has 1 amide bonds. The van der Waals surface area contributed by atoms with Crippen LogP contribution >= 0.6 is 0 Å². The van der Waals surface area contributed by atoms with Gasteiger partial charge in [-0.25, -0.2) is 0 Å². The number of aliphatic imine (C=N–C) groups is 1. The van der Waals surface area contributed by atoms with E-state index in [4.69, 9.17) is 10.4 Å². The molecule has 1 aliphatic rings. The van der Waals surface area contributed by atoms with Gasteiger partial charge in [-0.1, -0.05) is 12.1 Å². The summed E-state index contributed by atoms with van der Waals surface area (Å²) in [5.41, 5.74) is 3.21. The molecular formula is C20H15N3O4. The predicted octanol–water partition coefficient (Wildman–Crippen LogP) is 2.01. The molecular weight excluding hydrogens is 346 g/mol. The first-order valence-corrected chi connectivity index (χ1v) is 8.19. The van der Waals surface area contributed by atoms with Crippen LogP contribution in [-0.4, -0.2) is 35.0 Å². The number of aliphatic carboxylic acids is 1. The number of hydrogen-bond acceptors (Lipinski definition) is 5. The molecule has 1 heterocycles. The Morgan fingerprint density at radius 1 is 1.19 bits per heavy atom. The van der Waals surface area contributed by atoms with Gasteiger partial charge in [0.1, 0.15) is 12.3 Å². The molecule has 2 aromatic rings. The Morgan fingerprint density at radius 2 is 2.00 bits per heavy atom. The van der Waals surface area contributed by atoms with Gasteiger partial charge in [0, 0.05) is 18.4 Å². The third-order valence-corrected chi connectivity index (χ3v) is 4.07. The second kappa shape index (κ2) is 7.62. The average Bonchev–Trinajstić information content (AvgIpc) is 2.83. The van der Waals surface area contributed by atoms with Crippen LogP contribution in [-0.2, 0) is 16.0 Å². The highest BCUT2D eigenvalue weighted by atomic mass is 16.4. The van der Waals surface area contributed by atoms with Crippen LogP contribution < -0.4 is 5.32 Å². The fourth-order valence-corrected chi connectivity index (χ4v) is 2.82. The smallest absolute Gasteiger partial charge is 0.322 e. The second-order valence-electron chi connectivity index (χ2n) is 6.06. The monoisotopic (exact) mass is 361 g/mol. The van der Waals surface area contributed by atoms with E-state index in [-0.39, 0.29) is 24.2 Å². The number of benzene rings is 2. The largest absolute Gasteiger partial charge is 0.480 e. The Bertz CT molecular complexity index is 1020. The maximum atomic E-state index is 12.4. The molecule has 0 unspecified atom stereocenters. The summed E-state index contributed by atoms with van der Waals surface area (Å²) < 4.78 is 0. The molecule has 0 atom stereocenters. The van der Waals surface area contributed by atoms with Gasteiger partial charge in [0.05, 0.1) is 23.0 Å². The van der Waals surface area contributed by atoms with Crippen molar-refractivity contribution in [2.24, 2.45) is 4.99 Å². The van der Waals surface area contributed by atoms with Gasteiger partial charge in [-0.05, 0) is 41.5 Å². The van der Waals surface area contributed by atoms with Crippen LogP contribution in [0.5, 0.6) is 0 Å². The third-order valence-electron chi connectivity index (χ3n) is 4.07. The number of amides is 1. The first kappa shape index (κ1) is 18.0. The van der Waals surface area contributed by atoms with Crippen LogP contribution in [0.1, 0.15) is 33.5 Å². The van der Waals surface area contributed by atoms with Crippen molar-refractivity contribution in [2.75, 3.05) is 6.54 Å². The lowest BCUT2D eigenvalue weighted by molar-refractivity contribution is -0.135. The molecule has 3 rings (SSSR count). The predicted molar refractivity (Wildman–Crippen MR) is 97.1 cm³/mol. The quantitative estimate of drug-likeness (QED) is 0.863. The maximum absolute atomic E-state index is 12.4. The van der Waals surface area contributed by atoms with E-state index in [0.29, 0.717) is 28.1 Å². The molecule has 0 spiro atoms. The van der Waals surface area contributed by atoms with E-state index in [1.165, 1.54) is 0 Å². The fraction of sp³-hybridized carbons (Fsp3) is 0.150. The lowest BCUT2D eigenvalue weighted by Gasteiger charge is -2.07. The van der Waals surface area contributed by atoms with Crippen LogP contribution in [0.15, 0.2) is 47.5 Å². The summed E-state index contributed by atoms with van der Waals surface area (Å²) in [5, 5.41) is 20.0. The van der Waals surface area contributed by atoms with Crippen molar-refractivity contribution in [3.63, 3.8) is 0 Å². The average molecular weight is 361 g/mol. The lowest BCUT2D eigenvalue weighted by Crippen LogP contribution is -2.29. The maximum Gasteiger partial charge on any atom is 0.322 e. The van der Waals surface area contributed by atoms with E-state index in [1.807, 2.05) is 0 Å². The van der Waals surface area contributed by atoms with Crippen molar-refractivity contribution < 1.29 is 19.5 Å². The van der Waals surface area contributed by atoms with Crippen molar-refractivity contribution in [2.45, 2.75) is 12.8 Å². The number of carbonyl (C=O) groups excluding carboxylic acids is 2. The van der Waals surface area contributed by atoms with Crippen molar-refractivity contribution >= 4 is 29.1 Å². The van der Waals surface area contributed by atoms with Crippen molar-refractivity contribution in [1.29, 1.82) is 5.26 Å². The number of fused-ring (bicyclic) bond motifs is 1. The number of nitrogens with one attached hydrogen (secondary N) is 1. The van der Waals surface area contributed by atoms with E-state index in [9.17, 15) is 14.4 Å². The highest BCUT2D eigenvalue weighted by Crippen LogP contribution is 2.27. The summed E-state index contributed by atoms with van der Waals surface area (Å²) in [6.45, 7) is -0.480. The number of carboxylic acid groups (broad SMARTS) is 1. The SMILES string of the molecule is N#Cc1cccc(C2=Nc3ccc(C(=O)NCC(=O)O)cc3CC(=O)C2)c1. The molecule has 134 valence electrons. The first-order valence-electron chi connectivity index (χ1n) is 8.19. The van der Waals surface area contributed by atoms with E-state index < -0.39 is 18.4 Å². The minimum Gasteiger partial charge on any atom is -0.480 e. The Balaban J connectivity index is 1.95. The molecule has 0 radical (unpaired) electrons. The van der Waals surface area contributed by atoms with Crippen LogP contribution in [0.4, 0.5) is 5.69 Å². The second-order valence-corrected chi connectivity index (χ2v) is 6.06. The summed E-state index contributed by atoms with van der Waals surface area (Å²) in [7, 11) is 0. The number of nitriles is 1. The molecule has 27 heavy (non-hydrogen) atoms. The molecule has 7 heteroatoms. The van der Waals surface area contributed by atoms with Crippen LogP contribution in [0, 0.1) is 11.3 Å². The first-order chi connectivity index (χ1) is 13.0. The topological polar surface area (TPSA) is 120 Å². The molecule has 2 N–H and O–H groups in total. The summed E-state index contributed by atoms with van der Waals surface area (Å²) in [6.07, 6.45) is 0.254. The van der Waals surface area contributed by atoms with Crippen LogP contribution in [0.25, 0.3) is 0 Å².